The number of carbonyl (C=O) groups is 2. The van der Waals surface area contributed by atoms with Crippen molar-refractivity contribution in [3.05, 3.63) is 84.6 Å². The van der Waals surface area contributed by atoms with Gasteiger partial charge in [0, 0.05) is 35.4 Å². The third-order valence-electron chi connectivity index (χ3n) is 5.70. The van der Waals surface area contributed by atoms with E-state index in [1.165, 1.54) is 0 Å². The zero-order chi connectivity index (χ0) is 28.2. The molecule has 2 aromatic carbocycles. The standard InChI is InChI=1S/2C13H13N3O.C2H2O4/c2*1-2-5-10(6-3-1)12-15-13(17-16-12)11-7-4-8-14-9-11;3-1(4)2(5)6/h2*1-3,5-7,14H,4,8-9H2;(H,3,4)(H,5,6). The van der Waals surface area contributed by atoms with E-state index in [4.69, 9.17) is 28.8 Å². The highest BCUT2D eigenvalue weighted by Gasteiger charge is 2.15. The first-order valence-corrected chi connectivity index (χ1v) is 12.6. The molecular weight excluding hydrogens is 516 g/mol. The van der Waals surface area contributed by atoms with Gasteiger partial charge in [-0.3, -0.25) is 0 Å². The molecule has 2 aliphatic heterocycles. The quantitative estimate of drug-likeness (QED) is 0.276. The molecule has 4 heterocycles. The van der Waals surface area contributed by atoms with Gasteiger partial charge >= 0.3 is 11.9 Å². The van der Waals surface area contributed by atoms with Crippen molar-refractivity contribution >= 4 is 23.1 Å². The summed E-state index contributed by atoms with van der Waals surface area (Å²) in [5, 5.41) is 29.4. The summed E-state index contributed by atoms with van der Waals surface area (Å²) in [6, 6.07) is 19.7. The first-order valence-electron chi connectivity index (χ1n) is 12.6. The van der Waals surface area contributed by atoms with Gasteiger partial charge in [0.1, 0.15) is 0 Å². The highest BCUT2D eigenvalue weighted by molar-refractivity contribution is 6.27. The van der Waals surface area contributed by atoms with Crippen LogP contribution in [0.4, 0.5) is 0 Å². The smallest absolute Gasteiger partial charge is 0.414 e. The second-order valence-corrected chi connectivity index (χ2v) is 8.58. The average molecular weight is 545 g/mol. The molecule has 12 nitrogen and oxygen atoms in total. The van der Waals surface area contributed by atoms with Crippen molar-refractivity contribution < 1.29 is 28.8 Å². The topological polar surface area (TPSA) is 176 Å². The number of aromatic nitrogens is 4. The van der Waals surface area contributed by atoms with Crippen molar-refractivity contribution in [3.63, 3.8) is 0 Å². The minimum absolute atomic E-state index is 0.621. The fourth-order valence-electron chi connectivity index (χ4n) is 3.73. The van der Waals surface area contributed by atoms with E-state index < -0.39 is 11.9 Å². The number of rotatable bonds is 4. The minimum Gasteiger partial charge on any atom is -0.473 e. The molecule has 0 atom stereocenters. The van der Waals surface area contributed by atoms with E-state index in [-0.39, 0.29) is 0 Å². The van der Waals surface area contributed by atoms with Gasteiger partial charge < -0.3 is 29.9 Å². The maximum Gasteiger partial charge on any atom is 0.414 e. The Morgan fingerprint density at radius 1 is 0.650 bits per heavy atom. The van der Waals surface area contributed by atoms with Crippen LogP contribution in [0.1, 0.15) is 24.6 Å². The summed E-state index contributed by atoms with van der Waals surface area (Å²) in [6.07, 6.45) is 6.33. The first-order chi connectivity index (χ1) is 19.5. The summed E-state index contributed by atoms with van der Waals surface area (Å²) in [5.74, 6) is -1.11. The second-order valence-electron chi connectivity index (χ2n) is 8.58. The van der Waals surface area contributed by atoms with E-state index >= 15 is 0 Å². The molecule has 0 radical (unpaired) electrons. The summed E-state index contributed by atoms with van der Waals surface area (Å²) >= 11 is 0. The Bertz CT molecular complexity index is 1350. The summed E-state index contributed by atoms with van der Waals surface area (Å²) < 4.78 is 10.6. The largest absolute Gasteiger partial charge is 0.473 e. The van der Waals surface area contributed by atoms with Gasteiger partial charge in [0.15, 0.2) is 0 Å². The first kappa shape index (κ1) is 28.1. The van der Waals surface area contributed by atoms with E-state index in [2.05, 4.69) is 43.1 Å². The molecule has 2 aliphatic rings. The number of hydrogen-bond donors (Lipinski definition) is 4. The number of nitrogens with one attached hydrogen (secondary N) is 2. The average Bonchev–Trinajstić information content (AvgIpc) is 3.71. The van der Waals surface area contributed by atoms with Crippen LogP contribution in [0.25, 0.3) is 33.9 Å². The fourth-order valence-corrected chi connectivity index (χ4v) is 3.73. The second kappa shape index (κ2) is 14.3. The molecule has 0 bridgehead atoms. The van der Waals surface area contributed by atoms with Crippen molar-refractivity contribution in [1.82, 2.24) is 30.9 Å². The monoisotopic (exact) mass is 544 g/mol. The molecule has 0 amide bonds. The predicted octanol–water partition coefficient (Wildman–Crippen LogP) is 3.38. The van der Waals surface area contributed by atoms with Gasteiger partial charge in [-0.15, -0.1) is 0 Å². The van der Waals surface area contributed by atoms with Crippen molar-refractivity contribution in [2.45, 2.75) is 12.8 Å². The third kappa shape index (κ3) is 8.03. The van der Waals surface area contributed by atoms with Gasteiger partial charge in [-0.2, -0.15) is 9.97 Å². The number of nitrogens with zero attached hydrogens (tertiary/aromatic N) is 4. The SMILES string of the molecule is C1=C(c2nc(-c3ccccc3)no2)CNCC1.C1=C(c2nc(-c3ccccc3)no2)CNCC1.O=C(O)C(=O)O. The lowest BCUT2D eigenvalue weighted by atomic mass is 10.1. The van der Waals surface area contributed by atoms with Crippen LogP contribution >= 0.6 is 0 Å². The van der Waals surface area contributed by atoms with Crippen LogP contribution in [0.5, 0.6) is 0 Å². The summed E-state index contributed by atoms with van der Waals surface area (Å²) in [4.78, 5) is 27.0. The fraction of sp³-hybridized carbons (Fsp3) is 0.214. The lowest BCUT2D eigenvalue weighted by Gasteiger charge is -2.09. The maximum absolute atomic E-state index is 9.10. The molecule has 0 aliphatic carbocycles. The molecule has 6 rings (SSSR count). The van der Waals surface area contributed by atoms with Crippen molar-refractivity contribution in [2.24, 2.45) is 0 Å². The molecule has 12 heteroatoms. The molecule has 4 aromatic rings. The minimum atomic E-state index is -1.82. The van der Waals surface area contributed by atoms with Crippen LogP contribution in [0.2, 0.25) is 0 Å². The van der Waals surface area contributed by atoms with Gasteiger partial charge in [0.25, 0.3) is 11.8 Å². The number of benzene rings is 2. The van der Waals surface area contributed by atoms with E-state index in [1.54, 1.807) is 0 Å². The molecule has 4 N–H and O–H groups in total. The van der Waals surface area contributed by atoms with Crippen molar-refractivity contribution in [1.29, 1.82) is 0 Å². The molecule has 0 unspecified atom stereocenters. The molecule has 0 saturated carbocycles. The van der Waals surface area contributed by atoms with Gasteiger partial charge in [-0.1, -0.05) is 83.1 Å². The Morgan fingerprint density at radius 2 is 1.05 bits per heavy atom. The maximum atomic E-state index is 9.10. The third-order valence-corrected chi connectivity index (χ3v) is 5.70. The van der Waals surface area contributed by atoms with Crippen LogP contribution in [0.15, 0.2) is 81.9 Å². The lowest BCUT2D eigenvalue weighted by Crippen LogP contribution is -2.21. The van der Waals surface area contributed by atoms with Crippen LogP contribution < -0.4 is 10.6 Å². The number of hydrogen-bond acceptors (Lipinski definition) is 10. The highest BCUT2D eigenvalue weighted by Crippen LogP contribution is 2.21. The van der Waals surface area contributed by atoms with Gasteiger partial charge in [0.05, 0.1) is 0 Å². The molecule has 0 fully saturated rings. The van der Waals surface area contributed by atoms with Crippen LogP contribution in [0, 0.1) is 0 Å². The van der Waals surface area contributed by atoms with Gasteiger partial charge in [-0.05, 0) is 25.9 Å². The Morgan fingerprint density at radius 3 is 1.38 bits per heavy atom. The van der Waals surface area contributed by atoms with Crippen LogP contribution in [-0.4, -0.2) is 68.6 Å². The van der Waals surface area contributed by atoms with Gasteiger partial charge in [0.2, 0.25) is 11.6 Å². The normalized spacial score (nSPS) is 14.4. The van der Waals surface area contributed by atoms with Crippen molar-refractivity contribution in [3.8, 4) is 22.8 Å². The molecular formula is C28H28N6O6. The highest BCUT2D eigenvalue weighted by atomic mass is 16.5. The predicted molar refractivity (Wildman–Crippen MR) is 146 cm³/mol. The lowest BCUT2D eigenvalue weighted by molar-refractivity contribution is -0.159. The van der Waals surface area contributed by atoms with Crippen molar-refractivity contribution in [2.75, 3.05) is 26.2 Å². The zero-order valence-electron chi connectivity index (χ0n) is 21.5. The Labute approximate surface area is 229 Å². The zero-order valence-corrected chi connectivity index (χ0v) is 21.5. The van der Waals surface area contributed by atoms with Crippen LogP contribution in [-0.2, 0) is 9.59 Å². The Hall–Kier alpha value is -4.94. The van der Waals surface area contributed by atoms with Gasteiger partial charge in [-0.25, -0.2) is 9.59 Å². The Balaban J connectivity index is 0.000000155. The summed E-state index contributed by atoms with van der Waals surface area (Å²) in [7, 11) is 0. The Kier molecular flexibility index (Phi) is 10.0. The number of carboxylic acid groups (broad SMARTS) is 2. The van der Waals surface area contributed by atoms with E-state index in [1.807, 2.05) is 60.7 Å². The molecule has 2 aromatic heterocycles. The van der Waals surface area contributed by atoms with E-state index in [0.717, 1.165) is 61.3 Å². The molecule has 0 saturated heterocycles. The van der Waals surface area contributed by atoms with E-state index in [9.17, 15) is 0 Å². The van der Waals surface area contributed by atoms with Crippen LogP contribution in [0.3, 0.4) is 0 Å². The molecule has 40 heavy (non-hydrogen) atoms. The van der Waals surface area contributed by atoms with E-state index in [0.29, 0.717) is 23.4 Å². The summed E-state index contributed by atoms with van der Waals surface area (Å²) in [5.41, 5.74) is 4.13. The molecule has 0 spiro atoms. The molecule has 206 valence electrons. The summed E-state index contributed by atoms with van der Waals surface area (Å²) in [6.45, 7) is 3.64. The number of aliphatic carboxylic acids is 2. The number of carboxylic acids is 2.